The van der Waals surface area contributed by atoms with Crippen molar-refractivity contribution in [1.29, 1.82) is 0 Å². The van der Waals surface area contributed by atoms with Crippen LogP contribution in [0, 0.1) is 4.91 Å². The quantitative estimate of drug-likeness (QED) is 0.268. The van der Waals surface area contributed by atoms with Crippen LogP contribution in [0.1, 0.15) is 16.4 Å². The molecule has 2 aromatic carbocycles. The van der Waals surface area contributed by atoms with Crippen LogP contribution in [0.3, 0.4) is 0 Å². The number of anilines is 1. The molecule has 0 bridgehead atoms. The van der Waals surface area contributed by atoms with Crippen molar-refractivity contribution in [3.05, 3.63) is 77.2 Å². The predicted octanol–water partition coefficient (Wildman–Crippen LogP) is 4.09. The van der Waals surface area contributed by atoms with E-state index in [0.29, 0.717) is 0 Å². The molecule has 18 heteroatoms. The number of sulfone groups is 1. The molecule has 13 nitrogen and oxygen atoms in total. The molecular formula is C28H25F3N6O7S2. The Bertz CT molecular complexity index is 2010. The maximum absolute atomic E-state index is 14.2. The summed E-state index contributed by atoms with van der Waals surface area (Å²) in [6.45, 7) is 0.161. The smallest absolute Gasteiger partial charge is 0.430 e. The Morgan fingerprint density at radius 1 is 0.870 bits per heavy atom. The van der Waals surface area contributed by atoms with E-state index in [9.17, 15) is 39.7 Å². The Labute approximate surface area is 261 Å². The van der Waals surface area contributed by atoms with Crippen molar-refractivity contribution >= 4 is 37.5 Å². The van der Waals surface area contributed by atoms with Crippen molar-refractivity contribution in [3.63, 3.8) is 0 Å². The van der Waals surface area contributed by atoms with Crippen molar-refractivity contribution in [3.8, 4) is 22.4 Å². The molecule has 0 unspecified atom stereocenters. The van der Waals surface area contributed by atoms with Gasteiger partial charge in [-0.25, -0.2) is 31.5 Å². The van der Waals surface area contributed by atoms with Gasteiger partial charge in [-0.2, -0.15) is 13.2 Å². The SMILES string of the molecule is CNS(=O)(=O)c1ccc(-c2c(-c3ccc(S(C)(=O)=O)cc3)nc(C(F)(F)F)nc2N2CCN(C(=O)c3ccc(N=O)o3)CC2)cc1. The largest absolute Gasteiger partial charge is 0.451 e. The van der Waals surface area contributed by atoms with E-state index in [2.05, 4.69) is 19.9 Å². The number of carbonyl (C=O) groups is 1. The lowest BCUT2D eigenvalue weighted by Crippen LogP contribution is -2.49. The zero-order valence-electron chi connectivity index (χ0n) is 24.1. The first-order chi connectivity index (χ1) is 21.6. The van der Waals surface area contributed by atoms with E-state index in [1.54, 1.807) is 4.90 Å². The van der Waals surface area contributed by atoms with Crippen LogP contribution in [0.25, 0.3) is 22.4 Å². The number of alkyl halides is 3. The molecule has 0 radical (unpaired) electrons. The number of sulfonamides is 1. The number of hydrogen-bond acceptors (Lipinski definition) is 11. The predicted molar refractivity (Wildman–Crippen MR) is 160 cm³/mol. The molecule has 1 aliphatic rings. The van der Waals surface area contributed by atoms with Gasteiger partial charge >= 0.3 is 6.18 Å². The molecule has 5 rings (SSSR count). The summed E-state index contributed by atoms with van der Waals surface area (Å²) in [5.41, 5.74) is 0.379. The fourth-order valence-electron chi connectivity index (χ4n) is 4.83. The van der Waals surface area contributed by atoms with E-state index in [4.69, 9.17) is 4.42 Å². The summed E-state index contributed by atoms with van der Waals surface area (Å²) in [6.07, 6.45) is -3.98. The third kappa shape index (κ3) is 6.63. The average molecular weight is 679 g/mol. The molecular weight excluding hydrogens is 653 g/mol. The van der Waals surface area contributed by atoms with Gasteiger partial charge in [-0.3, -0.25) is 4.79 Å². The first-order valence-electron chi connectivity index (χ1n) is 13.4. The van der Waals surface area contributed by atoms with E-state index in [-0.39, 0.29) is 75.8 Å². The molecule has 1 amide bonds. The molecule has 1 N–H and O–H groups in total. The number of halogens is 3. The maximum atomic E-state index is 14.2. The molecule has 1 saturated heterocycles. The summed E-state index contributed by atoms with van der Waals surface area (Å²) in [5.74, 6) is -2.53. The summed E-state index contributed by atoms with van der Waals surface area (Å²) >= 11 is 0. The Kier molecular flexibility index (Phi) is 8.71. The van der Waals surface area contributed by atoms with E-state index in [1.807, 2.05) is 0 Å². The maximum Gasteiger partial charge on any atom is 0.451 e. The summed E-state index contributed by atoms with van der Waals surface area (Å²) in [6, 6.07) is 13.0. The van der Waals surface area contributed by atoms with Crippen molar-refractivity contribution in [2.75, 3.05) is 44.4 Å². The minimum Gasteiger partial charge on any atom is -0.430 e. The molecule has 2 aromatic heterocycles. The van der Waals surface area contributed by atoms with Crippen LogP contribution in [-0.2, 0) is 26.0 Å². The van der Waals surface area contributed by atoms with Gasteiger partial charge in [-0.1, -0.05) is 24.3 Å². The summed E-state index contributed by atoms with van der Waals surface area (Å²) in [7, 11) is -6.22. The second-order valence-electron chi connectivity index (χ2n) is 10.1. The highest BCUT2D eigenvalue weighted by Crippen LogP contribution is 2.41. The van der Waals surface area contributed by atoms with Crippen LogP contribution in [0.4, 0.5) is 24.9 Å². The molecule has 0 saturated carbocycles. The van der Waals surface area contributed by atoms with Gasteiger partial charge < -0.3 is 14.2 Å². The molecule has 0 spiro atoms. The zero-order valence-corrected chi connectivity index (χ0v) is 25.8. The minimum absolute atomic E-state index is 0.0330. The molecule has 242 valence electrons. The second kappa shape index (κ2) is 12.3. The van der Waals surface area contributed by atoms with Crippen LogP contribution >= 0.6 is 0 Å². The Hall–Kier alpha value is -4.68. The van der Waals surface area contributed by atoms with Gasteiger partial charge in [0.1, 0.15) is 5.82 Å². The van der Waals surface area contributed by atoms with Crippen LogP contribution < -0.4 is 9.62 Å². The normalized spacial score (nSPS) is 14.4. The van der Waals surface area contributed by atoms with Crippen LogP contribution in [-0.4, -0.2) is 77.1 Å². The van der Waals surface area contributed by atoms with Crippen molar-refractivity contribution < 1.29 is 39.2 Å². The number of amides is 1. The fraction of sp³-hybridized carbons (Fsp3) is 0.250. The number of carbonyl (C=O) groups excluding carboxylic acids is 1. The third-order valence-electron chi connectivity index (χ3n) is 7.18. The van der Waals surface area contributed by atoms with Crippen LogP contribution in [0.5, 0.6) is 0 Å². The van der Waals surface area contributed by atoms with Gasteiger partial charge in [0, 0.05) is 49.2 Å². The minimum atomic E-state index is -4.97. The molecule has 0 aliphatic carbocycles. The lowest BCUT2D eigenvalue weighted by atomic mass is 9.98. The first kappa shape index (κ1) is 32.7. The number of aromatic nitrogens is 2. The molecule has 46 heavy (non-hydrogen) atoms. The zero-order chi connectivity index (χ0) is 33.4. The van der Waals surface area contributed by atoms with Crippen LogP contribution in [0.2, 0.25) is 0 Å². The molecule has 3 heterocycles. The first-order valence-corrected chi connectivity index (χ1v) is 16.8. The van der Waals surface area contributed by atoms with Crippen LogP contribution in [0.15, 0.2) is 80.0 Å². The topological polar surface area (TPSA) is 172 Å². The number of benzene rings is 2. The van der Waals surface area contributed by atoms with Gasteiger partial charge in [0.2, 0.25) is 15.8 Å². The Balaban J connectivity index is 1.63. The molecule has 1 aliphatic heterocycles. The standard InChI is InChI=1S/C28H25F3N6O7S2/c1-32-46(42,43)20-9-3-17(4-10-20)23-24(18-5-7-19(8-6-18)45(2,40)41)33-27(28(29,30)31)34-25(23)36-13-15-37(16-14-36)26(38)21-11-12-22(35-39)44-21/h3-12,32H,13-16H2,1-2H3. The highest BCUT2D eigenvalue weighted by atomic mass is 32.2. The summed E-state index contributed by atoms with van der Waals surface area (Å²) < 4.78 is 98.7. The van der Waals surface area contributed by atoms with Gasteiger partial charge in [0.25, 0.3) is 11.8 Å². The number of piperazine rings is 1. The van der Waals surface area contributed by atoms with E-state index < -0.39 is 37.8 Å². The third-order valence-corrected chi connectivity index (χ3v) is 9.74. The van der Waals surface area contributed by atoms with Gasteiger partial charge in [0.05, 0.1) is 21.0 Å². The summed E-state index contributed by atoms with van der Waals surface area (Å²) in [5, 5.41) is 2.64. The van der Waals surface area contributed by atoms with Gasteiger partial charge in [-0.15, -0.1) is 4.91 Å². The molecule has 1 fully saturated rings. The number of nitroso groups, excluding NO2 is 1. The van der Waals surface area contributed by atoms with Crippen molar-refractivity contribution in [1.82, 2.24) is 19.6 Å². The lowest BCUT2D eigenvalue weighted by Gasteiger charge is -2.36. The van der Waals surface area contributed by atoms with E-state index >= 15 is 0 Å². The van der Waals surface area contributed by atoms with Crippen molar-refractivity contribution in [2.24, 2.45) is 5.18 Å². The second-order valence-corrected chi connectivity index (χ2v) is 14.0. The number of rotatable bonds is 8. The molecule has 0 atom stereocenters. The number of nitrogens with zero attached hydrogens (tertiary/aromatic N) is 5. The van der Waals surface area contributed by atoms with E-state index in [1.165, 1.54) is 72.6 Å². The van der Waals surface area contributed by atoms with Crippen molar-refractivity contribution in [2.45, 2.75) is 16.0 Å². The lowest BCUT2D eigenvalue weighted by molar-refractivity contribution is -0.144. The Morgan fingerprint density at radius 3 is 1.98 bits per heavy atom. The fourth-order valence-corrected chi connectivity index (χ4v) is 6.19. The molecule has 4 aromatic rings. The Morgan fingerprint density at radius 2 is 1.46 bits per heavy atom. The average Bonchev–Trinajstić information content (AvgIpc) is 3.53. The van der Waals surface area contributed by atoms with E-state index in [0.717, 1.165) is 6.26 Å². The van der Waals surface area contributed by atoms with Gasteiger partial charge in [-0.05, 0) is 42.9 Å². The highest BCUT2D eigenvalue weighted by molar-refractivity contribution is 7.90. The number of nitrogens with one attached hydrogen (secondary N) is 1. The monoisotopic (exact) mass is 678 g/mol. The number of hydrogen-bond donors (Lipinski definition) is 1. The highest BCUT2D eigenvalue weighted by Gasteiger charge is 2.38. The number of furan rings is 1. The summed E-state index contributed by atoms with van der Waals surface area (Å²) in [4.78, 5) is 34.2. The van der Waals surface area contributed by atoms with Gasteiger partial charge in [0.15, 0.2) is 15.6 Å².